The Labute approximate surface area is 37.9 Å². The first-order valence-electron chi connectivity index (χ1n) is 1.42. The van der Waals surface area contributed by atoms with E-state index in [1.54, 1.807) is 0 Å². The van der Waals surface area contributed by atoms with Gasteiger partial charge < -0.3 is 5.11 Å². The van der Waals surface area contributed by atoms with Crippen LogP contribution in [-0.2, 0) is 0 Å². The molecule has 0 aromatic carbocycles. The van der Waals surface area contributed by atoms with Gasteiger partial charge >= 0.3 is 6.30 Å². The maximum atomic E-state index is 10.7. The minimum absolute atomic E-state index is 1.19. The topological polar surface area (TPSA) is 34.3 Å². The number of hydrogen-bond donors (Lipinski definition) is 1. The summed E-state index contributed by atoms with van der Waals surface area (Å²) in [5, 5.41) is 9.33. The normalized spacial score (nSPS) is 12.0. The Bertz CT molecular complexity index is 51.4. The van der Waals surface area contributed by atoms with E-state index < -0.39 is 13.0 Å². The lowest BCUT2D eigenvalue weighted by Crippen LogP contribution is -2.24. The lowest BCUT2D eigenvalue weighted by atomic mass is 11.0. The SMILES string of the molecule is OC[N]C(F)(F)F. The summed E-state index contributed by atoms with van der Waals surface area (Å²) in [4.78, 5) is 0. The molecule has 0 unspecified atom stereocenters. The summed E-state index contributed by atoms with van der Waals surface area (Å²) in [7, 11) is 0. The van der Waals surface area contributed by atoms with Crippen LogP contribution < -0.4 is 5.32 Å². The van der Waals surface area contributed by atoms with E-state index in [1.807, 2.05) is 5.32 Å². The van der Waals surface area contributed by atoms with E-state index in [1.165, 1.54) is 0 Å². The molecule has 0 aromatic rings. The fourth-order valence-electron chi connectivity index (χ4n) is 0.0802. The van der Waals surface area contributed by atoms with Crippen LogP contribution in [0, 0.1) is 0 Å². The highest BCUT2D eigenvalue weighted by molar-refractivity contribution is 4.35. The second kappa shape index (κ2) is 2.13. The van der Waals surface area contributed by atoms with Crippen molar-refractivity contribution >= 4 is 0 Å². The first-order valence-corrected chi connectivity index (χ1v) is 1.42. The highest BCUT2D eigenvalue weighted by atomic mass is 19.4. The molecule has 0 saturated carbocycles. The predicted octanol–water partition coefficient (Wildman–Crippen LogP) is 0.0604. The third-order valence-electron chi connectivity index (χ3n) is 0.250. The van der Waals surface area contributed by atoms with Crippen LogP contribution in [0.5, 0.6) is 0 Å². The number of hydrogen-bond acceptors (Lipinski definition) is 1. The molecule has 0 saturated heterocycles. The van der Waals surface area contributed by atoms with Crippen LogP contribution in [0.15, 0.2) is 0 Å². The van der Waals surface area contributed by atoms with E-state index in [-0.39, 0.29) is 0 Å². The number of rotatable bonds is 1. The summed E-state index contributed by atoms with van der Waals surface area (Å²) >= 11 is 0. The van der Waals surface area contributed by atoms with Crippen LogP contribution in [0.4, 0.5) is 13.2 Å². The van der Waals surface area contributed by atoms with E-state index in [0.717, 1.165) is 0 Å². The average molecular weight is 114 g/mol. The molecule has 1 N–H and O–H groups in total. The van der Waals surface area contributed by atoms with E-state index in [2.05, 4.69) is 0 Å². The Morgan fingerprint density at radius 1 is 1.43 bits per heavy atom. The Morgan fingerprint density at radius 2 is 1.86 bits per heavy atom. The molecule has 0 rings (SSSR count). The molecule has 0 heterocycles. The summed E-state index contributed by atoms with van der Waals surface area (Å²) in [6.07, 6.45) is -4.57. The summed E-state index contributed by atoms with van der Waals surface area (Å²) in [6, 6.07) is 0. The van der Waals surface area contributed by atoms with Crippen molar-refractivity contribution in [2.24, 2.45) is 0 Å². The third kappa shape index (κ3) is 5.71. The third-order valence-corrected chi connectivity index (χ3v) is 0.250. The quantitative estimate of drug-likeness (QED) is 0.480. The van der Waals surface area contributed by atoms with Crippen molar-refractivity contribution in [2.45, 2.75) is 6.30 Å². The smallest absolute Gasteiger partial charge is 0.380 e. The second-order valence-electron chi connectivity index (χ2n) is 0.767. The number of aliphatic hydroxyl groups excluding tert-OH is 1. The molecule has 0 aromatic heterocycles. The maximum Gasteiger partial charge on any atom is 0.475 e. The van der Waals surface area contributed by atoms with Crippen LogP contribution in [0.25, 0.3) is 0 Å². The Morgan fingerprint density at radius 3 is 1.86 bits per heavy atom. The van der Waals surface area contributed by atoms with Crippen LogP contribution in [0.3, 0.4) is 0 Å². The molecule has 1 radical (unpaired) electrons. The van der Waals surface area contributed by atoms with E-state index in [9.17, 15) is 13.2 Å². The van der Waals surface area contributed by atoms with Crippen molar-refractivity contribution in [3.63, 3.8) is 0 Å². The molecule has 0 aliphatic heterocycles. The van der Waals surface area contributed by atoms with Gasteiger partial charge in [0.25, 0.3) is 0 Å². The van der Waals surface area contributed by atoms with Gasteiger partial charge in [0.1, 0.15) is 6.73 Å². The summed E-state index contributed by atoms with van der Waals surface area (Å²) < 4.78 is 32.2. The monoisotopic (exact) mass is 114 g/mol. The van der Waals surface area contributed by atoms with Gasteiger partial charge in [-0.05, 0) is 0 Å². The van der Waals surface area contributed by atoms with Crippen molar-refractivity contribution in [3.05, 3.63) is 0 Å². The Balaban J connectivity index is 3.15. The number of aliphatic hydroxyl groups is 1. The first-order chi connectivity index (χ1) is 3.06. The zero-order valence-electron chi connectivity index (χ0n) is 3.24. The highest BCUT2D eigenvalue weighted by Gasteiger charge is 2.27. The van der Waals surface area contributed by atoms with E-state index >= 15 is 0 Å². The fourth-order valence-corrected chi connectivity index (χ4v) is 0.0802. The van der Waals surface area contributed by atoms with Gasteiger partial charge in [-0.2, -0.15) is 13.2 Å². The minimum Gasteiger partial charge on any atom is -0.380 e. The molecule has 0 aliphatic carbocycles. The van der Waals surface area contributed by atoms with Gasteiger partial charge in [-0.3, -0.25) is 0 Å². The van der Waals surface area contributed by atoms with Gasteiger partial charge in [0.2, 0.25) is 0 Å². The van der Waals surface area contributed by atoms with Crippen LogP contribution >= 0.6 is 0 Å². The fraction of sp³-hybridized carbons (Fsp3) is 1.00. The molecule has 0 bridgehead atoms. The van der Waals surface area contributed by atoms with Gasteiger partial charge in [-0.25, -0.2) is 0 Å². The summed E-state index contributed by atoms with van der Waals surface area (Å²) in [5.41, 5.74) is 0. The standard InChI is InChI=1S/C2H3F3NO/c3-2(4,5)6-1-7/h7H,1H2. The average Bonchev–Trinajstić information content (AvgIpc) is 1.30. The lowest BCUT2D eigenvalue weighted by Gasteiger charge is -1.99. The highest BCUT2D eigenvalue weighted by Crippen LogP contribution is 2.09. The summed E-state index contributed by atoms with van der Waals surface area (Å²) in [5.74, 6) is 0. The molecular formula is C2H3F3NO. The predicted molar refractivity (Wildman–Crippen MR) is 15.3 cm³/mol. The molecule has 7 heavy (non-hydrogen) atoms. The van der Waals surface area contributed by atoms with Crippen molar-refractivity contribution in [3.8, 4) is 0 Å². The summed E-state index contributed by atoms with van der Waals surface area (Å²) in [6.45, 7) is -1.19. The Kier molecular flexibility index (Phi) is 2.04. The molecular weight excluding hydrogens is 111 g/mol. The molecule has 0 aliphatic rings. The van der Waals surface area contributed by atoms with Crippen molar-refractivity contribution < 1.29 is 18.3 Å². The number of halogens is 3. The second-order valence-corrected chi connectivity index (χ2v) is 0.767. The van der Waals surface area contributed by atoms with Gasteiger partial charge in [0.05, 0.1) is 0 Å². The number of nitrogens with zero attached hydrogens (tertiary/aromatic N) is 1. The number of alkyl halides is 3. The van der Waals surface area contributed by atoms with Crippen LogP contribution in [0.2, 0.25) is 0 Å². The Hall–Kier alpha value is -0.290. The van der Waals surface area contributed by atoms with E-state index in [4.69, 9.17) is 5.11 Å². The minimum atomic E-state index is -4.57. The molecule has 0 atom stereocenters. The van der Waals surface area contributed by atoms with Crippen molar-refractivity contribution in [1.82, 2.24) is 5.32 Å². The van der Waals surface area contributed by atoms with Crippen LogP contribution in [-0.4, -0.2) is 18.1 Å². The maximum absolute atomic E-state index is 10.7. The molecule has 43 valence electrons. The van der Waals surface area contributed by atoms with Gasteiger partial charge in [0.15, 0.2) is 0 Å². The molecule has 0 spiro atoms. The largest absolute Gasteiger partial charge is 0.475 e. The first kappa shape index (κ1) is 6.71. The van der Waals surface area contributed by atoms with E-state index in [0.29, 0.717) is 0 Å². The van der Waals surface area contributed by atoms with Gasteiger partial charge in [-0.15, -0.1) is 5.32 Å². The van der Waals surface area contributed by atoms with Crippen LogP contribution in [0.1, 0.15) is 0 Å². The molecule has 5 heteroatoms. The van der Waals surface area contributed by atoms with Gasteiger partial charge in [-0.1, -0.05) is 0 Å². The van der Waals surface area contributed by atoms with Crippen molar-refractivity contribution in [2.75, 3.05) is 6.73 Å². The van der Waals surface area contributed by atoms with Gasteiger partial charge in [0, 0.05) is 0 Å². The molecule has 0 amide bonds. The zero-order chi connectivity index (χ0) is 5.91. The zero-order valence-corrected chi connectivity index (χ0v) is 3.24. The molecule has 2 nitrogen and oxygen atoms in total. The molecule has 0 fully saturated rings. The van der Waals surface area contributed by atoms with Crippen molar-refractivity contribution in [1.29, 1.82) is 0 Å². The lowest BCUT2D eigenvalue weighted by molar-refractivity contribution is -0.170.